The van der Waals surface area contributed by atoms with Crippen molar-refractivity contribution < 1.29 is 9.59 Å². The Morgan fingerprint density at radius 3 is 2.28 bits per heavy atom. The molecule has 0 fully saturated rings. The van der Waals surface area contributed by atoms with E-state index >= 15 is 0 Å². The molecule has 3 aromatic rings. The van der Waals surface area contributed by atoms with Crippen LogP contribution in [0.2, 0.25) is 15.1 Å². The van der Waals surface area contributed by atoms with Gasteiger partial charge in [-0.15, -0.1) is 11.3 Å². The van der Waals surface area contributed by atoms with E-state index < -0.39 is 5.91 Å². The smallest absolute Gasteiger partial charge is 0.273 e. The second kappa shape index (κ2) is 9.13. The van der Waals surface area contributed by atoms with E-state index in [0.29, 0.717) is 27.4 Å². The van der Waals surface area contributed by atoms with Crippen LogP contribution in [0.15, 0.2) is 47.8 Å². The summed E-state index contributed by atoms with van der Waals surface area (Å²) in [6, 6.07) is 11.4. The Morgan fingerprint density at radius 2 is 1.66 bits per heavy atom. The molecule has 0 saturated heterocycles. The van der Waals surface area contributed by atoms with E-state index in [1.54, 1.807) is 53.7 Å². The number of anilines is 2. The first kappa shape index (κ1) is 21.6. The Hall–Kier alpha value is -2.12. The third-order valence-corrected chi connectivity index (χ3v) is 5.80. The van der Waals surface area contributed by atoms with Gasteiger partial charge in [-0.2, -0.15) is 0 Å². The summed E-state index contributed by atoms with van der Waals surface area (Å²) >= 11 is 19.4. The predicted octanol–water partition coefficient (Wildman–Crippen LogP) is 6.17. The van der Waals surface area contributed by atoms with Gasteiger partial charge in [-0.1, -0.05) is 34.8 Å². The molecule has 0 radical (unpaired) electrons. The van der Waals surface area contributed by atoms with E-state index in [2.05, 4.69) is 4.98 Å². The number of carbonyl (C=O) groups is 2. The van der Waals surface area contributed by atoms with Gasteiger partial charge in [0.25, 0.3) is 11.8 Å². The third-order valence-electron chi connectivity index (χ3n) is 4.17. The molecule has 0 atom stereocenters. The van der Waals surface area contributed by atoms with Crippen molar-refractivity contribution in [3.63, 3.8) is 0 Å². The van der Waals surface area contributed by atoms with Gasteiger partial charge in [0.1, 0.15) is 5.69 Å². The first-order chi connectivity index (χ1) is 13.8. The largest absolute Gasteiger partial charge is 0.341 e. The van der Waals surface area contributed by atoms with E-state index in [1.807, 2.05) is 6.92 Å². The van der Waals surface area contributed by atoms with Crippen molar-refractivity contribution in [3.05, 3.63) is 74.2 Å². The highest BCUT2D eigenvalue weighted by atomic mass is 35.5. The number of aromatic nitrogens is 1. The maximum Gasteiger partial charge on any atom is 0.273 e. The predicted molar refractivity (Wildman–Crippen MR) is 119 cm³/mol. The van der Waals surface area contributed by atoms with Crippen molar-refractivity contribution in [3.8, 4) is 0 Å². The Morgan fingerprint density at radius 1 is 1.00 bits per heavy atom. The van der Waals surface area contributed by atoms with Crippen LogP contribution in [0.4, 0.5) is 10.8 Å². The SMILES string of the molecule is CCN(C)C(=O)c1csc(N(C(=O)c2ccc(Cl)cc2Cl)c2ccc(Cl)cc2)n1. The summed E-state index contributed by atoms with van der Waals surface area (Å²) in [6.45, 7) is 2.42. The number of nitrogens with zero attached hydrogens (tertiary/aromatic N) is 3. The summed E-state index contributed by atoms with van der Waals surface area (Å²) < 4.78 is 0. The molecule has 0 N–H and O–H groups in total. The van der Waals surface area contributed by atoms with Crippen molar-refractivity contribution in [2.24, 2.45) is 0 Å². The summed E-state index contributed by atoms with van der Waals surface area (Å²) in [5.41, 5.74) is 1.07. The minimum Gasteiger partial charge on any atom is -0.341 e. The van der Waals surface area contributed by atoms with Gasteiger partial charge in [0, 0.05) is 29.0 Å². The number of carbonyl (C=O) groups excluding carboxylic acids is 2. The fraction of sp³-hybridized carbons (Fsp3) is 0.150. The Balaban J connectivity index is 2.07. The van der Waals surface area contributed by atoms with Gasteiger partial charge in [-0.05, 0) is 49.4 Å². The van der Waals surface area contributed by atoms with E-state index in [0.717, 1.165) is 0 Å². The van der Waals surface area contributed by atoms with E-state index in [-0.39, 0.29) is 22.2 Å². The Bertz CT molecular complexity index is 1050. The topological polar surface area (TPSA) is 53.5 Å². The first-order valence-electron chi connectivity index (χ1n) is 8.58. The van der Waals surface area contributed by atoms with Gasteiger partial charge >= 0.3 is 0 Å². The summed E-state index contributed by atoms with van der Waals surface area (Å²) in [5.74, 6) is -0.616. The molecule has 0 aliphatic rings. The lowest BCUT2D eigenvalue weighted by Gasteiger charge is -2.21. The molecule has 0 aliphatic heterocycles. The van der Waals surface area contributed by atoms with Crippen LogP contribution in [0.5, 0.6) is 0 Å². The lowest BCUT2D eigenvalue weighted by molar-refractivity contribution is 0.0797. The monoisotopic (exact) mass is 467 g/mol. The third kappa shape index (κ3) is 4.73. The maximum absolute atomic E-state index is 13.4. The molecule has 29 heavy (non-hydrogen) atoms. The summed E-state index contributed by atoms with van der Waals surface area (Å²) in [7, 11) is 1.69. The highest BCUT2D eigenvalue weighted by Crippen LogP contribution is 2.33. The molecule has 2 aromatic carbocycles. The summed E-state index contributed by atoms with van der Waals surface area (Å²) in [5, 5.41) is 3.15. The molecule has 5 nitrogen and oxygen atoms in total. The number of amides is 2. The standard InChI is InChI=1S/C20H16Cl3N3O2S/c1-3-25(2)19(28)17-11-29-20(24-17)26(14-7-4-12(21)5-8-14)18(27)15-9-6-13(22)10-16(15)23/h4-11H,3H2,1-2H3. The minimum absolute atomic E-state index is 0.219. The van der Waals surface area contributed by atoms with Crippen LogP contribution in [-0.4, -0.2) is 35.3 Å². The van der Waals surface area contributed by atoms with Gasteiger partial charge in [-0.3, -0.25) is 14.5 Å². The van der Waals surface area contributed by atoms with Gasteiger partial charge in [0.05, 0.1) is 16.3 Å². The van der Waals surface area contributed by atoms with Crippen molar-refractivity contribution in [2.45, 2.75) is 6.92 Å². The van der Waals surface area contributed by atoms with Crippen LogP contribution in [0.1, 0.15) is 27.8 Å². The fourth-order valence-corrected chi connectivity index (χ4v) is 3.92. The number of thiazole rings is 1. The molecular weight excluding hydrogens is 453 g/mol. The Kier molecular flexibility index (Phi) is 6.80. The highest BCUT2D eigenvalue weighted by molar-refractivity contribution is 7.14. The molecule has 2 amide bonds. The van der Waals surface area contributed by atoms with Crippen molar-refractivity contribution in [1.82, 2.24) is 9.88 Å². The zero-order valence-electron chi connectivity index (χ0n) is 15.5. The number of halogens is 3. The van der Waals surface area contributed by atoms with Crippen LogP contribution >= 0.6 is 46.1 Å². The average molecular weight is 469 g/mol. The first-order valence-corrected chi connectivity index (χ1v) is 10.6. The number of hydrogen-bond donors (Lipinski definition) is 0. The number of hydrogen-bond acceptors (Lipinski definition) is 4. The minimum atomic E-state index is -0.397. The van der Waals surface area contributed by atoms with Crippen LogP contribution in [0.3, 0.4) is 0 Å². The highest BCUT2D eigenvalue weighted by Gasteiger charge is 2.26. The van der Waals surface area contributed by atoms with E-state index in [4.69, 9.17) is 34.8 Å². The summed E-state index contributed by atoms with van der Waals surface area (Å²) in [4.78, 5) is 33.2. The van der Waals surface area contributed by atoms with Crippen LogP contribution < -0.4 is 4.90 Å². The quantitative estimate of drug-likeness (QED) is 0.450. The molecule has 1 heterocycles. The molecule has 0 unspecified atom stereocenters. The number of benzene rings is 2. The lowest BCUT2D eigenvalue weighted by atomic mass is 10.2. The molecule has 3 rings (SSSR count). The molecule has 0 aliphatic carbocycles. The number of rotatable bonds is 5. The molecular formula is C20H16Cl3N3O2S. The second-order valence-corrected chi connectivity index (χ2v) is 8.19. The van der Waals surface area contributed by atoms with Gasteiger partial charge < -0.3 is 4.90 Å². The summed E-state index contributed by atoms with van der Waals surface area (Å²) in [6.07, 6.45) is 0. The van der Waals surface area contributed by atoms with Crippen LogP contribution in [0, 0.1) is 0 Å². The zero-order chi connectivity index (χ0) is 21.1. The molecule has 0 saturated carbocycles. The van der Waals surface area contributed by atoms with Crippen LogP contribution in [0.25, 0.3) is 0 Å². The van der Waals surface area contributed by atoms with E-state index in [9.17, 15) is 9.59 Å². The fourth-order valence-electron chi connectivity index (χ4n) is 2.49. The van der Waals surface area contributed by atoms with E-state index in [1.165, 1.54) is 22.3 Å². The average Bonchev–Trinajstić information content (AvgIpc) is 3.18. The van der Waals surface area contributed by atoms with Crippen LogP contribution in [-0.2, 0) is 0 Å². The van der Waals surface area contributed by atoms with Gasteiger partial charge in [0.2, 0.25) is 0 Å². The molecule has 1 aromatic heterocycles. The zero-order valence-corrected chi connectivity index (χ0v) is 18.6. The van der Waals surface area contributed by atoms with Crippen molar-refractivity contribution in [1.29, 1.82) is 0 Å². The van der Waals surface area contributed by atoms with Gasteiger partial charge in [0.15, 0.2) is 5.13 Å². The normalized spacial score (nSPS) is 10.7. The van der Waals surface area contributed by atoms with Crippen molar-refractivity contribution >= 4 is 68.8 Å². The van der Waals surface area contributed by atoms with Crippen molar-refractivity contribution in [2.75, 3.05) is 18.5 Å². The molecule has 0 bridgehead atoms. The maximum atomic E-state index is 13.4. The van der Waals surface area contributed by atoms with Gasteiger partial charge in [-0.25, -0.2) is 4.98 Å². The Labute approximate surface area is 187 Å². The molecule has 150 valence electrons. The lowest BCUT2D eigenvalue weighted by Crippen LogP contribution is -2.28. The second-order valence-electron chi connectivity index (χ2n) is 6.08. The molecule has 0 spiro atoms. The molecule has 9 heteroatoms.